The molecule has 0 saturated carbocycles. The van der Waals surface area contributed by atoms with Crippen LogP contribution in [-0.4, -0.2) is 25.9 Å². The van der Waals surface area contributed by atoms with Gasteiger partial charge in [0.15, 0.2) is 6.61 Å². The molecule has 4 aromatic rings. The zero-order valence-electron chi connectivity index (χ0n) is 15.2. The van der Waals surface area contributed by atoms with Gasteiger partial charge in [0.05, 0.1) is 22.5 Å². The van der Waals surface area contributed by atoms with Crippen molar-refractivity contribution in [3.63, 3.8) is 0 Å². The van der Waals surface area contributed by atoms with Crippen molar-refractivity contribution in [2.24, 2.45) is 0 Å². The predicted octanol–water partition coefficient (Wildman–Crippen LogP) is 3.95. The lowest BCUT2D eigenvalue weighted by atomic mass is 10.2. The van der Waals surface area contributed by atoms with Crippen molar-refractivity contribution in [3.8, 4) is 17.1 Å². The summed E-state index contributed by atoms with van der Waals surface area (Å²) in [5, 5.41) is 7.64. The number of halogens is 2. The van der Waals surface area contributed by atoms with Crippen LogP contribution in [0, 0.1) is 0 Å². The van der Waals surface area contributed by atoms with Crippen molar-refractivity contribution in [1.82, 2.24) is 19.9 Å². The number of ether oxygens (including phenoxy) is 1. The van der Waals surface area contributed by atoms with Crippen molar-refractivity contribution in [2.75, 3.05) is 0 Å². The highest BCUT2D eigenvalue weighted by atomic mass is 35.5. The summed E-state index contributed by atoms with van der Waals surface area (Å²) in [6, 6.07) is 15.5. The van der Waals surface area contributed by atoms with Gasteiger partial charge in [0.1, 0.15) is 5.02 Å². The summed E-state index contributed by atoms with van der Waals surface area (Å²) < 4.78 is 11.4. The summed E-state index contributed by atoms with van der Waals surface area (Å²) in [5.41, 5.74) is 0.415. The molecule has 0 atom stereocenters. The monoisotopic (exact) mass is 442 g/mol. The van der Waals surface area contributed by atoms with E-state index in [1.54, 1.807) is 12.1 Å². The van der Waals surface area contributed by atoms with E-state index in [0.29, 0.717) is 5.82 Å². The number of rotatable bonds is 5. The van der Waals surface area contributed by atoms with Gasteiger partial charge in [0, 0.05) is 5.56 Å². The molecule has 2 aromatic carbocycles. The minimum Gasteiger partial charge on any atom is -0.452 e. The van der Waals surface area contributed by atoms with E-state index in [1.165, 1.54) is 18.3 Å². The van der Waals surface area contributed by atoms with Gasteiger partial charge in [-0.1, -0.05) is 70.8 Å². The molecule has 8 nitrogen and oxygen atoms in total. The molecule has 10 heteroatoms. The molecule has 2 heterocycles. The first kappa shape index (κ1) is 19.8. The predicted molar refractivity (Wildman–Crippen MR) is 109 cm³/mol. The Bertz CT molecular complexity index is 1270. The highest BCUT2D eigenvalue weighted by Gasteiger charge is 2.19. The third-order valence-corrected chi connectivity index (χ3v) is 4.80. The highest BCUT2D eigenvalue weighted by Crippen LogP contribution is 2.19. The fourth-order valence-electron chi connectivity index (χ4n) is 2.64. The number of esters is 1. The van der Waals surface area contributed by atoms with Crippen LogP contribution in [0.3, 0.4) is 0 Å². The second-order valence-corrected chi connectivity index (χ2v) is 6.78. The summed E-state index contributed by atoms with van der Waals surface area (Å²) in [4.78, 5) is 29.2. The average molecular weight is 443 g/mol. The standard InChI is InChI=1S/C20H12Cl2N4O4/c21-14-10-23-26(19(27)17(14)22)15-9-5-4-8-13(15)20(28)29-11-16-24-18(25-30-16)12-6-2-1-3-7-12/h1-10H,11H2. The van der Waals surface area contributed by atoms with E-state index in [1.807, 2.05) is 30.3 Å². The van der Waals surface area contributed by atoms with Crippen molar-refractivity contribution in [2.45, 2.75) is 6.61 Å². The van der Waals surface area contributed by atoms with Crippen LogP contribution in [0.15, 0.2) is 70.1 Å². The fraction of sp³-hybridized carbons (Fsp3) is 0.0500. The quantitative estimate of drug-likeness (QED) is 0.431. The van der Waals surface area contributed by atoms with Gasteiger partial charge in [-0.3, -0.25) is 4.79 Å². The molecule has 0 aliphatic heterocycles. The first-order valence-electron chi connectivity index (χ1n) is 8.62. The summed E-state index contributed by atoms with van der Waals surface area (Å²) in [6.07, 6.45) is 1.22. The Labute approximate surface area is 179 Å². The Kier molecular flexibility index (Phi) is 5.60. The molecule has 2 aromatic heterocycles. The SMILES string of the molecule is O=C(OCc1nc(-c2ccccc2)no1)c1ccccc1-n1ncc(Cl)c(Cl)c1=O. The molecule has 0 amide bonds. The van der Waals surface area contributed by atoms with Gasteiger partial charge in [0.2, 0.25) is 5.82 Å². The highest BCUT2D eigenvalue weighted by molar-refractivity contribution is 6.41. The second-order valence-electron chi connectivity index (χ2n) is 5.99. The third kappa shape index (κ3) is 3.96. The van der Waals surface area contributed by atoms with Gasteiger partial charge in [-0.15, -0.1) is 0 Å². The van der Waals surface area contributed by atoms with Crippen molar-refractivity contribution >= 4 is 29.2 Å². The van der Waals surface area contributed by atoms with Gasteiger partial charge < -0.3 is 9.26 Å². The molecule has 0 radical (unpaired) electrons. The Balaban J connectivity index is 1.55. The second kappa shape index (κ2) is 8.48. The van der Waals surface area contributed by atoms with Gasteiger partial charge in [-0.05, 0) is 12.1 Å². The van der Waals surface area contributed by atoms with E-state index in [-0.39, 0.29) is 33.8 Å². The van der Waals surface area contributed by atoms with Crippen LogP contribution in [0.4, 0.5) is 0 Å². The van der Waals surface area contributed by atoms with Crippen molar-refractivity contribution in [1.29, 1.82) is 0 Å². The van der Waals surface area contributed by atoms with E-state index in [9.17, 15) is 9.59 Å². The topological polar surface area (TPSA) is 100 Å². The molecule has 0 fully saturated rings. The maximum atomic E-state index is 12.6. The number of para-hydroxylation sites is 1. The summed E-state index contributed by atoms with van der Waals surface area (Å²) in [5.74, 6) is -0.192. The first-order chi connectivity index (χ1) is 14.5. The molecule has 0 aliphatic rings. The molecule has 150 valence electrons. The maximum absolute atomic E-state index is 12.6. The smallest absolute Gasteiger partial charge is 0.340 e. The molecule has 0 aliphatic carbocycles. The van der Waals surface area contributed by atoms with Gasteiger partial charge in [-0.25, -0.2) is 4.79 Å². The molecule has 0 bridgehead atoms. The Morgan fingerprint density at radius 1 is 1.07 bits per heavy atom. The van der Waals surface area contributed by atoms with E-state index in [4.69, 9.17) is 32.5 Å². The third-order valence-electron chi connectivity index (χ3n) is 4.06. The maximum Gasteiger partial charge on any atom is 0.340 e. The van der Waals surface area contributed by atoms with Crippen LogP contribution in [-0.2, 0) is 11.3 Å². The molecule has 0 N–H and O–H groups in total. The normalized spacial score (nSPS) is 10.7. The molecular weight excluding hydrogens is 431 g/mol. The Hall–Kier alpha value is -3.49. The lowest BCUT2D eigenvalue weighted by Crippen LogP contribution is -2.23. The van der Waals surface area contributed by atoms with Gasteiger partial charge in [-0.2, -0.15) is 14.8 Å². The van der Waals surface area contributed by atoms with Crippen LogP contribution in [0.2, 0.25) is 10.0 Å². The van der Waals surface area contributed by atoms with E-state index < -0.39 is 11.5 Å². The average Bonchev–Trinajstić information content (AvgIpc) is 3.26. The van der Waals surface area contributed by atoms with Crippen LogP contribution in [0.5, 0.6) is 0 Å². The number of nitrogens with zero attached hydrogens (tertiary/aromatic N) is 4. The number of hydrogen-bond donors (Lipinski definition) is 0. The minimum absolute atomic E-state index is 0.0172. The van der Waals surface area contributed by atoms with Crippen LogP contribution >= 0.6 is 23.2 Å². The lowest BCUT2D eigenvalue weighted by Gasteiger charge is -2.10. The summed E-state index contributed by atoms with van der Waals surface area (Å²) >= 11 is 11.7. The molecule has 0 unspecified atom stereocenters. The van der Waals surface area contributed by atoms with Gasteiger partial charge in [0.25, 0.3) is 11.4 Å². The number of aromatic nitrogens is 4. The lowest BCUT2D eigenvalue weighted by molar-refractivity contribution is 0.0429. The molecule has 0 spiro atoms. The van der Waals surface area contributed by atoms with Gasteiger partial charge >= 0.3 is 5.97 Å². The fourth-order valence-corrected chi connectivity index (χ4v) is 2.89. The minimum atomic E-state index is -0.704. The zero-order valence-corrected chi connectivity index (χ0v) is 16.7. The van der Waals surface area contributed by atoms with E-state index in [0.717, 1.165) is 10.2 Å². The summed E-state index contributed by atoms with van der Waals surface area (Å²) in [6.45, 7) is -0.239. The molecule has 30 heavy (non-hydrogen) atoms. The number of benzene rings is 2. The van der Waals surface area contributed by atoms with Crippen LogP contribution in [0.25, 0.3) is 17.1 Å². The molecule has 4 rings (SSSR count). The summed E-state index contributed by atoms with van der Waals surface area (Å²) in [7, 11) is 0. The first-order valence-corrected chi connectivity index (χ1v) is 9.38. The number of hydrogen-bond acceptors (Lipinski definition) is 7. The number of carbonyl (C=O) groups excluding carboxylic acids is 1. The van der Waals surface area contributed by atoms with Crippen LogP contribution < -0.4 is 5.56 Å². The van der Waals surface area contributed by atoms with Crippen LogP contribution in [0.1, 0.15) is 16.2 Å². The van der Waals surface area contributed by atoms with E-state index >= 15 is 0 Å². The Morgan fingerprint density at radius 2 is 1.80 bits per heavy atom. The van der Waals surface area contributed by atoms with E-state index in [2.05, 4.69) is 15.2 Å². The molecular formula is C20H12Cl2N4O4. The largest absolute Gasteiger partial charge is 0.452 e. The van der Waals surface area contributed by atoms with Crippen molar-refractivity contribution < 1.29 is 14.1 Å². The number of carbonyl (C=O) groups is 1. The van der Waals surface area contributed by atoms with Crippen molar-refractivity contribution in [3.05, 3.63) is 92.6 Å². The zero-order chi connectivity index (χ0) is 21.1. The Morgan fingerprint density at radius 3 is 2.60 bits per heavy atom. The molecule has 0 saturated heterocycles.